The fraction of sp³-hybridized carbons (Fsp3) is 0.400. The average molecular weight is 747 g/mol. The van der Waals surface area contributed by atoms with Crippen molar-refractivity contribution in [2.45, 2.75) is 62.7 Å². The van der Waals surface area contributed by atoms with Gasteiger partial charge in [-0.15, -0.1) is 3.71 Å². The molecule has 0 aliphatic carbocycles. The monoisotopic (exact) mass is 746 g/mol. The maximum absolute atomic E-state index is 14.7. The molecule has 5 rings (SSSR count). The molecule has 2 atom stereocenters. The molecule has 2 heterocycles. The first-order valence-corrected chi connectivity index (χ1v) is 18.8. The summed E-state index contributed by atoms with van der Waals surface area (Å²) in [6.07, 6.45) is -1.99. The fourth-order valence-electron chi connectivity index (χ4n) is 5.93. The van der Waals surface area contributed by atoms with E-state index in [2.05, 4.69) is 15.7 Å². The van der Waals surface area contributed by atoms with Crippen LogP contribution in [0, 0.1) is 13.8 Å². The molecule has 2 amide bonds. The molecule has 16 heteroatoms. The molecule has 0 bridgehead atoms. The first-order valence-electron chi connectivity index (χ1n) is 16.5. The van der Waals surface area contributed by atoms with Gasteiger partial charge in [-0.25, -0.2) is 13.1 Å². The Bertz CT molecular complexity index is 2010. The minimum absolute atomic E-state index is 0.181. The molecule has 274 valence electrons. The predicted molar refractivity (Wildman–Crippen MR) is 191 cm³/mol. The van der Waals surface area contributed by atoms with Crippen LogP contribution >= 0.6 is 11.9 Å². The number of aliphatic hydroxyl groups is 1. The largest absolute Gasteiger partial charge is 0.420 e. The number of likely N-dealkylation sites (tertiary alicyclic amines) is 1. The third-order valence-corrected chi connectivity index (χ3v) is 12.2. The molecule has 3 aromatic carbocycles. The normalized spacial score (nSPS) is 16.4. The van der Waals surface area contributed by atoms with Crippen molar-refractivity contribution in [1.29, 1.82) is 0 Å². The van der Waals surface area contributed by atoms with E-state index in [1.165, 1.54) is 25.4 Å². The van der Waals surface area contributed by atoms with Gasteiger partial charge in [-0.2, -0.15) is 18.3 Å². The maximum atomic E-state index is 14.7. The molecule has 11 nitrogen and oxygen atoms in total. The lowest BCUT2D eigenvalue weighted by atomic mass is 10.0. The number of aromatic nitrogens is 2. The second-order valence-corrected chi connectivity index (χ2v) is 15.8. The van der Waals surface area contributed by atoms with Crippen LogP contribution in [0.2, 0.25) is 0 Å². The summed E-state index contributed by atoms with van der Waals surface area (Å²) in [5.41, 5.74) is -0.408. The summed E-state index contributed by atoms with van der Waals surface area (Å²) in [6.45, 7) is 3.42. The lowest BCUT2D eigenvalue weighted by molar-refractivity contribution is -0.253. The van der Waals surface area contributed by atoms with E-state index in [4.69, 9.17) is 0 Å². The van der Waals surface area contributed by atoms with Gasteiger partial charge in [0.1, 0.15) is 6.04 Å². The topological polar surface area (TPSA) is 137 Å². The Labute approximate surface area is 299 Å². The van der Waals surface area contributed by atoms with Gasteiger partial charge in [0.05, 0.1) is 35.4 Å². The lowest BCUT2D eigenvalue weighted by Gasteiger charge is -2.35. The van der Waals surface area contributed by atoms with Crippen LogP contribution in [0.25, 0.3) is 16.6 Å². The van der Waals surface area contributed by atoms with Gasteiger partial charge in [0, 0.05) is 36.0 Å². The van der Waals surface area contributed by atoms with Gasteiger partial charge in [-0.05, 0) is 81.1 Å². The Morgan fingerprint density at radius 1 is 1.08 bits per heavy atom. The zero-order valence-corrected chi connectivity index (χ0v) is 30.3. The number of carbonyl (C=O) groups is 2. The Hall–Kier alpha value is -4.12. The maximum Gasteiger partial charge on any atom is 0.420 e. The number of nitrogens with zero attached hydrogens (tertiary/aromatic N) is 4. The lowest BCUT2D eigenvalue weighted by Crippen LogP contribution is -2.57. The van der Waals surface area contributed by atoms with Crippen LogP contribution in [0.15, 0.2) is 71.8 Å². The Morgan fingerprint density at radius 3 is 2.47 bits per heavy atom. The van der Waals surface area contributed by atoms with E-state index in [9.17, 15) is 36.3 Å². The number of hydrogen-bond acceptors (Lipinski definition) is 8. The summed E-state index contributed by atoms with van der Waals surface area (Å²) >= 11 is 0.709. The van der Waals surface area contributed by atoms with Crippen molar-refractivity contribution < 1.29 is 36.3 Å². The van der Waals surface area contributed by atoms with Crippen LogP contribution in [0.3, 0.4) is 0 Å². The molecule has 1 aromatic heterocycles. The number of hydrogen-bond donors (Lipinski definition) is 3. The van der Waals surface area contributed by atoms with E-state index in [0.29, 0.717) is 69.2 Å². The number of benzene rings is 3. The SMILES string of the molecule is CCCSN(CC(O)(CNc1cc(C)cc2c1cnn2-c1cccc(C(=O)N2CCCC2C(=O)NC)c1)C(F)(F)F)S(=O)(=O)c1ccc(C)cc1. The highest BCUT2D eigenvalue weighted by molar-refractivity contribution is 8.08. The molecule has 1 fully saturated rings. The van der Waals surface area contributed by atoms with Crippen LogP contribution in [-0.2, 0) is 14.8 Å². The summed E-state index contributed by atoms with van der Waals surface area (Å²) in [5, 5.41) is 21.5. The molecule has 3 N–H and O–H groups in total. The van der Waals surface area contributed by atoms with E-state index in [-0.39, 0.29) is 28.2 Å². The number of rotatable bonds is 13. The molecule has 4 aromatic rings. The van der Waals surface area contributed by atoms with E-state index in [1.54, 1.807) is 78.9 Å². The first-order chi connectivity index (χ1) is 24.1. The number of anilines is 1. The van der Waals surface area contributed by atoms with Crippen LogP contribution < -0.4 is 10.6 Å². The summed E-state index contributed by atoms with van der Waals surface area (Å²) in [7, 11) is -2.88. The standard InChI is InChI=1S/C35H41F3N6O5S2/c1-5-16-50-43(51(48,49)27-13-11-23(2)12-14-27)22-34(47,35(36,37)38)21-40-29-17-24(3)18-31-28(29)20-41-44(31)26-9-6-8-25(19-26)33(46)42-15-7-10-30(42)32(45)39-4/h6,8-9,11-14,17-20,30,40,47H,5,7,10,15-16,21-22H2,1-4H3,(H,39,45). The number of aryl methyl sites for hydroxylation is 2. The molecule has 1 aliphatic rings. The molecular weight excluding hydrogens is 706 g/mol. The molecular formula is C35H41F3N6O5S2. The first kappa shape index (κ1) is 38.1. The van der Waals surface area contributed by atoms with E-state index in [0.717, 1.165) is 5.56 Å². The van der Waals surface area contributed by atoms with Gasteiger partial charge in [0.25, 0.3) is 15.9 Å². The highest BCUT2D eigenvalue weighted by Gasteiger charge is 2.56. The predicted octanol–water partition coefficient (Wildman–Crippen LogP) is 5.45. The van der Waals surface area contributed by atoms with Gasteiger partial charge in [-0.1, -0.05) is 42.6 Å². The van der Waals surface area contributed by atoms with Crippen LogP contribution in [0.1, 0.15) is 47.7 Å². The fourth-order valence-corrected chi connectivity index (χ4v) is 8.75. The molecule has 51 heavy (non-hydrogen) atoms. The van der Waals surface area contributed by atoms with Crippen molar-refractivity contribution in [3.05, 3.63) is 83.6 Å². The zero-order valence-electron chi connectivity index (χ0n) is 28.7. The van der Waals surface area contributed by atoms with Gasteiger partial charge >= 0.3 is 6.18 Å². The number of carbonyl (C=O) groups excluding carboxylic acids is 2. The Kier molecular flexibility index (Phi) is 11.4. The average Bonchev–Trinajstić information content (AvgIpc) is 3.76. The van der Waals surface area contributed by atoms with E-state index < -0.39 is 40.9 Å². The van der Waals surface area contributed by atoms with Crippen molar-refractivity contribution in [1.82, 2.24) is 23.7 Å². The molecule has 1 saturated heterocycles. The molecule has 0 radical (unpaired) electrons. The third kappa shape index (κ3) is 8.03. The minimum atomic E-state index is -5.21. The van der Waals surface area contributed by atoms with Gasteiger partial charge in [-0.3, -0.25) is 9.59 Å². The Morgan fingerprint density at radius 2 is 1.80 bits per heavy atom. The van der Waals surface area contributed by atoms with Crippen molar-refractivity contribution in [2.24, 2.45) is 0 Å². The van der Waals surface area contributed by atoms with Crippen LogP contribution in [-0.4, -0.2) is 94.0 Å². The zero-order chi connectivity index (χ0) is 37.1. The molecule has 0 spiro atoms. The molecule has 2 unspecified atom stereocenters. The second kappa shape index (κ2) is 15.2. The minimum Gasteiger partial charge on any atom is -0.381 e. The van der Waals surface area contributed by atoms with E-state index >= 15 is 0 Å². The number of alkyl halides is 3. The van der Waals surface area contributed by atoms with Crippen LogP contribution in [0.5, 0.6) is 0 Å². The second-order valence-electron chi connectivity index (χ2n) is 12.6. The molecule has 0 saturated carbocycles. The summed E-state index contributed by atoms with van der Waals surface area (Å²) in [6, 6.07) is 15.3. The van der Waals surface area contributed by atoms with Gasteiger partial charge in [0.2, 0.25) is 5.91 Å². The molecule has 1 aliphatic heterocycles. The number of halogens is 3. The smallest absolute Gasteiger partial charge is 0.381 e. The highest BCUT2D eigenvalue weighted by atomic mass is 32.3. The number of fused-ring (bicyclic) bond motifs is 1. The number of nitrogens with one attached hydrogen (secondary N) is 2. The van der Waals surface area contributed by atoms with Gasteiger partial charge in [0.15, 0.2) is 5.60 Å². The summed E-state index contributed by atoms with van der Waals surface area (Å²) in [5.74, 6) is -0.327. The summed E-state index contributed by atoms with van der Waals surface area (Å²) < 4.78 is 73.2. The highest BCUT2D eigenvalue weighted by Crippen LogP contribution is 2.37. The quantitative estimate of drug-likeness (QED) is 0.154. The Balaban J connectivity index is 1.44. The number of amides is 2. The van der Waals surface area contributed by atoms with Crippen molar-refractivity contribution in [3.63, 3.8) is 0 Å². The van der Waals surface area contributed by atoms with E-state index in [1.807, 2.05) is 0 Å². The van der Waals surface area contributed by atoms with Crippen LogP contribution in [0.4, 0.5) is 18.9 Å². The van der Waals surface area contributed by atoms with Gasteiger partial charge < -0.3 is 20.6 Å². The number of likely N-dealkylation sites (N-methyl/N-ethyl adjacent to an activating group) is 1. The number of sulfonamides is 1. The third-order valence-electron chi connectivity index (χ3n) is 8.75. The van der Waals surface area contributed by atoms with Crippen molar-refractivity contribution >= 4 is 50.4 Å². The summed E-state index contributed by atoms with van der Waals surface area (Å²) in [4.78, 5) is 27.2. The van der Waals surface area contributed by atoms with Crippen molar-refractivity contribution in [3.8, 4) is 5.69 Å². The van der Waals surface area contributed by atoms with Crippen molar-refractivity contribution in [2.75, 3.05) is 37.8 Å².